The predicted molar refractivity (Wildman–Crippen MR) is 62.6 cm³/mol. The summed E-state index contributed by atoms with van der Waals surface area (Å²) in [6.07, 6.45) is 0.769. The second-order valence-electron chi connectivity index (χ2n) is 3.43. The van der Waals surface area contributed by atoms with Crippen molar-refractivity contribution in [3.8, 4) is 5.75 Å². The van der Waals surface area contributed by atoms with Crippen molar-refractivity contribution in [2.75, 3.05) is 18.9 Å². The second-order valence-corrected chi connectivity index (χ2v) is 3.43. The molecular weight excluding hydrogens is 225 g/mol. The smallest absolute Gasteiger partial charge is 0.340 e. The summed E-state index contributed by atoms with van der Waals surface area (Å²) in [6, 6.07) is 2.21. The van der Waals surface area contributed by atoms with Gasteiger partial charge in [-0.1, -0.05) is 6.92 Å². The summed E-state index contributed by atoms with van der Waals surface area (Å²) in [5, 5.41) is 0. The summed E-state index contributed by atoms with van der Waals surface area (Å²) in [4.78, 5) is 11.5. The summed E-state index contributed by atoms with van der Waals surface area (Å²) in [5.41, 5.74) is 5.84. The lowest BCUT2D eigenvalue weighted by molar-refractivity contribution is 0.0526. The van der Waals surface area contributed by atoms with E-state index >= 15 is 0 Å². The van der Waals surface area contributed by atoms with Crippen LogP contribution in [0.3, 0.4) is 0 Å². The molecule has 17 heavy (non-hydrogen) atoms. The maximum Gasteiger partial charge on any atom is 0.340 e. The SMILES string of the molecule is CCCOc1cc(F)cc(C(=O)OCC)c1N. The molecule has 1 aromatic carbocycles. The molecule has 0 amide bonds. The molecule has 1 rings (SSSR count). The standard InChI is InChI=1S/C12H16FNO3/c1-3-5-17-10-7-8(13)6-9(11(10)14)12(15)16-4-2/h6-7H,3-5,14H2,1-2H3. The van der Waals surface area contributed by atoms with Gasteiger partial charge in [-0.05, 0) is 19.4 Å². The number of carbonyl (C=O) groups is 1. The van der Waals surface area contributed by atoms with Crippen LogP contribution in [0.4, 0.5) is 10.1 Å². The monoisotopic (exact) mass is 241 g/mol. The Morgan fingerprint density at radius 2 is 2.12 bits per heavy atom. The molecule has 0 saturated carbocycles. The Hall–Kier alpha value is -1.78. The van der Waals surface area contributed by atoms with Gasteiger partial charge in [0.15, 0.2) is 0 Å². The number of carbonyl (C=O) groups excluding carboxylic acids is 1. The molecule has 0 heterocycles. The first kappa shape index (κ1) is 13.3. The van der Waals surface area contributed by atoms with E-state index in [1.807, 2.05) is 6.92 Å². The fourth-order valence-corrected chi connectivity index (χ4v) is 1.30. The number of anilines is 1. The van der Waals surface area contributed by atoms with Crippen molar-refractivity contribution in [1.82, 2.24) is 0 Å². The maximum absolute atomic E-state index is 13.3. The lowest BCUT2D eigenvalue weighted by Crippen LogP contribution is -2.10. The van der Waals surface area contributed by atoms with Gasteiger partial charge in [-0.2, -0.15) is 0 Å². The Bertz CT molecular complexity index is 407. The highest BCUT2D eigenvalue weighted by atomic mass is 19.1. The van der Waals surface area contributed by atoms with Crippen molar-refractivity contribution in [2.24, 2.45) is 0 Å². The normalized spacial score (nSPS) is 10.1. The van der Waals surface area contributed by atoms with Gasteiger partial charge in [0.25, 0.3) is 0 Å². The van der Waals surface area contributed by atoms with E-state index in [1.165, 1.54) is 0 Å². The van der Waals surface area contributed by atoms with Crippen LogP contribution in [0.1, 0.15) is 30.6 Å². The number of halogens is 1. The zero-order chi connectivity index (χ0) is 12.8. The lowest BCUT2D eigenvalue weighted by atomic mass is 10.1. The first-order valence-electron chi connectivity index (χ1n) is 5.49. The zero-order valence-electron chi connectivity index (χ0n) is 9.96. The summed E-state index contributed by atoms with van der Waals surface area (Å²) in [6.45, 7) is 4.21. The molecule has 94 valence electrons. The number of esters is 1. The van der Waals surface area contributed by atoms with Gasteiger partial charge in [0.05, 0.1) is 24.5 Å². The van der Waals surface area contributed by atoms with Crippen LogP contribution in [0.2, 0.25) is 0 Å². The number of benzene rings is 1. The van der Waals surface area contributed by atoms with Gasteiger partial charge in [0.1, 0.15) is 11.6 Å². The highest BCUT2D eigenvalue weighted by Gasteiger charge is 2.16. The number of rotatable bonds is 5. The van der Waals surface area contributed by atoms with Crippen molar-refractivity contribution in [1.29, 1.82) is 0 Å². The van der Waals surface area contributed by atoms with E-state index in [4.69, 9.17) is 15.2 Å². The van der Waals surface area contributed by atoms with E-state index in [2.05, 4.69) is 0 Å². The van der Waals surface area contributed by atoms with E-state index in [0.717, 1.165) is 18.6 Å². The minimum absolute atomic E-state index is 0.00190. The van der Waals surface area contributed by atoms with Crippen LogP contribution < -0.4 is 10.5 Å². The third kappa shape index (κ3) is 3.34. The molecule has 0 unspecified atom stereocenters. The zero-order valence-corrected chi connectivity index (χ0v) is 9.96. The van der Waals surface area contributed by atoms with E-state index in [0.29, 0.717) is 6.61 Å². The molecule has 0 atom stereocenters. The summed E-state index contributed by atoms with van der Waals surface area (Å²) in [7, 11) is 0. The minimum Gasteiger partial charge on any atom is -0.491 e. The molecule has 0 fully saturated rings. The van der Waals surface area contributed by atoms with E-state index in [1.54, 1.807) is 6.92 Å². The molecule has 1 aromatic rings. The first-order valence-corrected chi connectivity index (χ1v) is 5.49. The largest absolute Gasteiger partial charge is 0.491 e. The summed E-state index contributed by atoms with van der Waals surface area (Å²) < 4.78 is 23.3. The molecule has 0 aromatic heterocycles. The van der Waals surface area contributed by atoms with Gasteiger partial charge < -0.3 is 15.2 Å². The van der Waals surface area contributed by atoms with Crippen molar-refractivity contribution in [2.45, 2.75) is 20.3 Å². The number of hydrogen-bond acceptors (Lipinski definition) is 4. The molecule has 2 N–H and O–H groups in total. The van der Waals surface area contributed by atoms with Crippen LogP contribution >= 0.6 is 0 Å². The van der Waals surface area contributed by atoms with Crippen LogP contribution in [0.15, 0.2) is 12.1 Å². The quantitative estimate of drug-likeness (QED) is 0.635. The second kappa shape index (κ2) is 6.08. The number of ether oxygens (including phenoxy) is 2. The molecule has 0 aliphatic heterocycles. The molecule has 0 aliphatic rings. The van der Waals surface area contributed by atoms with E-state index < -0.39 is 11.8 Å². The van der Waals surface area contributed by atoms with Gasteiger partial charge in [0.2, 0.25) is 0 Å². The van der Waals surface area contributed by atoms with Gasteiger partial charge in [-0.15, -0.1) is 0 Å². The van der Waals surface area contributed by atoms with Gasteiger partial charge in [0, 0.05) is 6.07 Å². The topological polar surface area (TPSA) is 61.5 Å². The fourth-order valence-electron chi connectivity index (χ4n) is 1.30. The van der Waals surface area contributed by atoms with Crippen molar-refractivity contribution >= 4 is 11.7 Å². The third-order valence-corrected chi connectivity index (χ3v) is 2.06. The maximum atomic E-state index is 13.3. The van der Waals surface area contributed by atoms with E-state index in [9.17, 15) is 9.18 Å². The van der Waals surface area contributed by atoms with Gasteiger partial charge >= 0.3 is 5.97 Å². The van der Waals surface area contributed by atoms with Crippen molar-refractivity contribution in [3.63, 3.8) is 0 Å². The Morgan fingerprint density at radius 1 is 1.41 bits per heavy atom. The molecule has 0 bridgehead atoms. The highest BCUT2D eigenvalue weighted by molar-refractivity contribution is 5.96. The molecule has 0 spiro atoms. The Morgan fingerprint density at radius 3 is 2.71 bits per heavy atom. The molecule has 5 heteroatoms. The Kier molecular flexibility index (Phi) is 4.75. The van der Waals surface area contributed by atoms with Gasteiger partial charge in [-0.3, -0.25) is 0 Å². The van der Waals surface area contributed by atoms with Crippen LogP contribution in [0.5, 0.6) is 5.75 Å². The predicted octanol–water partition coefficient (Wildman–Crippen LogP) is 2.37. The number of hydrogen-bond donors (Lipinski definition) is 1. The van der Waals surface area contributed by atoms with E-state index in [-0.39, 0.29) is 23.6 Å². The summed E-state index contributed by atoms with van der Waals surface area (Å²) in [5.74, 6) is -1.05. The Balaban J connectivity index is 3.05. The highest BCUT2D eigenvalue weighted by Crippen LogP contribution is 2.27. The first-order chi connectivity index (χ1) is 8.10. The number of nitrogen functional groups attached to an aromatic ring is 1. The Labute approximate surface area is 99.5 Å². The van der Waals surface area contributed by atoms with Crippen molar-refractivity contribution < 1.29 is 18.7 Å². The van der Waals surface area contributed by atoms with Crippen LogP contribution in [-0.4, -0.2) is 19.2 Å². The molecule has 0 aliphatic carbocycles. The number of nitrogens with two attached hydrogens (primary N) is 1. The summed E-state index contributed by atoms with van der Waals surface area (Å²) >= 11 is 0. The third-order valence-electron chi connectivity index (χ3n) is 2.06. The molecule has 0 saturated heterocycles. The van der Waals surface area contributed by atoms with Crippen LogP contribution in [0, 0.1) is 5.82 Å². The van der Waals surface area contributed by atoms with Crippen molar-refractivity contribution in [3.05, 3.63) is 23.5 Å². The van der Waals surface area contributed by atoms with Gasteiger partial charge in [-0.25, -0.2) is 9.18 Å². The lowest BCUT2D eigenvalue weighted by Gasteiger charge is -2.11. The minimum atomic E-state index is -0.647. The fraction of sp³-hybridized carbons (Fsp3) is 0.417. The van der Waals surface area contributed by atoms with Crippen LogP contribution in [0.25, 0.3) is 0 Å². The molecule has 4 nitrogen and oxygen atoms in total. The average molecular weight is 241 g/mol. The average Bonchev–Trinajstić information content (AvgIpc) is 2.30. The van der Waals surface area contributed by atoms with Crippen LogP contribution in [-0.2, 0) is 4.74 Å². The molecular formula is C12H16FNO3. The molecule has 0 radical (unpaired) electrons.